The van der Waals surface area contributed by atoms with Crippen LogP contribution in [-0.4, -0.2) is 24.2 Å². The van der Waals surface area contributed by atoms with Crippen molar-refractivity contribution in [3.8, 4) is 11.8 Å². The Bertz CT molecular complexity index is 668. The van der Waals surface area contributed by atoms with Crippen LogP contribution in [-0.2, 0) is 6.42 Å². The first-order valence-corrected chi connectivity index (χ1v) is 8.02. The van der Waals surface area contributed by atoms with Gasteiger partial charge in [-0.1, -0.05) is 11.8 Å². The smallest absolute Gasteiger partial charge is 0.251 e. The molecule has 0 aliphatic rings. The maximum absolute atomic E-state index is 12.0. The topological polar surface area (TPSA) is 49.3 Å². The molecule has 0 bridgehead atoms. The van der Waals surface area contributed by atoms with Crippen LogP contribution < -0.4 is 5.32 Å². The number of benzene rings is 1. The molecule has 0 aliphatic heterocycles. The normalized spacial score (nSPS) is 9.81. The van der Waals surface area contributed by atoms with E-state index < -0.39 is 0 Å². The number of amides is 1. The molecule has 5 heteroatoms. The summed E-state index contributed by atoms with van der Waals surface area (Å²) in [6.07, 6.45) is 0.821. The second-order valence-electron chi connectivity index (χ2n) is 4.25. The Kier molecular flexibility index (Phi) is 6.00. The van der Waals surface area contributed by atoms with Gasteiger partial charge >= 0.3 is 0 Å². The van der Waals surface area contributed by atoms with Gasteiger partial charge in [-0.05, 0) is 58.7 Å². The second-order valence-corrected chi connectivity index (χ2v) is 6.80. The van der Waals surface area contributed by atoms with Gasteiger partial charge in [0.25, 0.3) is 5.91 Å². The molecule has 2 N–H and O–H groups in total. The van der Waals surface area contributed by atoms with Gasteiger partial charge in [0, 0.05) is 22.5 Å². The first kappa shape index (κ1) is 15.8. The summed E-state index contributed by atoms with van der Waals surface area (Å²) in [7, 11) is 0. The quantitative estimate of drug-likeness (QED) is 0.820. The Morgan fingerprint density at radius 2 is 2.00 bits per heavy atom. The summed E-state index contributed by atoms with van der Waals surface area (Å²) in [6.45, 7) is 0.443. The number of hydrogen-bond donors (Lipinski definition) is 2. The van der Waals surface area contributed by atoms with Gasteiger partial charge in [0.05, 0.1) is 3.79 Å². The fourth-order valence-corrected chi connectivity index (χ4v) is 3.22. The average Bonchev–Trinajstić information content (AvgIpc) is 2.91. The van der Waals surface area contributed by atoms with Crippen molar-refractivity contribution in [2.75, 3.05) is 13.2 Å². The Morgan fingerprint density at radius 1 is 1.24 bits per heavy atom. The number of thiophene rings is 1. The molecular formula is C16H14BrNO2S. The van der Waals surface area contributed by atoms with Crippen molar-refractivity contribution in [1.82, 2.24) is 5.32 Å². The Hall–Kier alpha value is -1.61. The summed E-state index contributed by atoms with van der Waals surface area (Å²) in [6, 6.07) is 11.1. The maximum Gasteiger partial charge on any atom is 0.251 e. The lowest BCUT2D eigenvalue weighted by molar-refractivity contribution is 0.0954. The molecule has 108 valence electrons. The molecule has 2 aromatic rings. The highest BCUT2D eigenvalue weighted by Crippen LogP contribution is 2.22. The van der Waals surface area contributed by atoms with Crippen LogP contribution in [0.3, 0.4) is 0 Å². The minimum Gasteiger partial charge on any atom is -0.384 e. The van der Waals surface area contributed by atoms with Gasteiger partial charge in [0.2, 0.25) is 0 Å². The van der Waals surface area contributed by atoms with Gasteiger partial charge in [0.1, 0.15) is 6.61 Å². The van der Waals surface area contributed by atoms with Gasteiger partial charge in [-0.15, -0.1) is 11.3 Å². The van der Waals surface area contributed by atoms with Crippen LogP contribution in [0.5, 0.6) is 0 Å². The average molecular weight is 364 g/mol. The zero-order chi connectivity index (χ0) is 15.1. The molecule has 0 atom stereocenters. The van der Waals surface area contributed by atoms with E-state index in [4.69, 9.17) is 5.11 Å². The minimum atomic E-state index is -0.166. The van der Waals surface area contributed by atoms with E-state index in [9.17, 15) is 4.79 Å². The highest BCUT2D eigenvalue weighted by atomic mass is 79.9. The van der Waals surface area contributed by atoms with E-state index in [-0.39, 0.29) is 12.5 Å². The SMILES string of the molecule is O=C(NCCc1ccc(Br)s1)c1ccc(C#CCO)cc1. The third-order valence-corrected chi connectivity index (χ3v) is 4.43. The van der Waals surface area contributed by atoms with E-state index in [0.717, 1.165) is 15.8 Å². The Morgan fingerprint density at radius 3 is 2.62 bits per heavy atom. The predicted octanol–water partition coefficient (Wildman–Crippen LogP) is 2.83. The molecule has 1 amide bonds. The lowest BCUT2D eigenvalue weighted by Crippen LogP contribution is -2.25. The minimum absolute atomic E-state index is 0.0905. The molecule has 3 nitrogen and oxygen atoms in total. The van der Waals surface area contributed by atoms with Crippen LogP contribution in [0.25, 0.3) is 0 Å². The number of aliphatic hydroxyl groups excluding tert-OH is 1. The van der Waals surface area contributed by atoms with Crippen molar-refractivity contribution in [2.24, 2.45) is 0 Å². The van der Waals surface area contributed by atoms with Gasteiger partial charge in [-0.3, -0.25) is 4.79 Å². The molecule has 2 rings (SSSR count). The summed E-state index contributed by atoms with van der Waals surface area (Å²) in [5, 5.41) is 11.5. The monoisotopic (exact) mass is 363 g/mol. The molecule has 0 unspecified atom stereocenters. The van der Waals surface area contributed by atoms with E-state index in [2.05, 4.69) is 39.2 Å². The number of hydrogen-bond acceptors (Lipinski definition) is 3. The van der Waals surface area contributed by atoms with Gasteiger partial charge in [-0.2, -0.15) is 0 Å². The Labute approximate surface area is 136 Å². The van der Waals surface area contributed by atoms with Crippen molar-refractivity contribution < 1.29 is 9.90 Å². The first-order chi connectivity index (χ1) is 10.2. The standard InChI is InChI=1S/C16H14BrNO2S/c17-15-8-7-14(21-15)9-10-18-16(20)13-5-3-12(4-6-13)2-1-11-19/h3-8,19H,9-11H2,(H,18,20). The van der Waals surface area contributed by atoms with E-state index >= 15 is 0 Å². The maximum atomic E-state index is 12.0. The number of aliphatic hydroxyl groups is 1. The number of halogens is 1. The van der Waals surface area contributed by atoms with E-state index in [0.29, 0.717) is 12.1 Å². The lowest BCUT2D eigenvalue weighted by Gasteiger charge is -2.04. The number of nitrogens with one attached hydrogen (secondary N) is 1. The molecule has 0 spiro atoms. The van der Waals surface area contributed by atoms with Gasteiger partial charge in [0.15, 0.2) is 0 Å². The summed E-state index contributed by atoms with van der Waals surface area (Å²) < 4.78 is 1.10. The molecule has 1 aromatic heterocycles. The van der Waals surface area contributed by atoms with Gasteiger partial charge in [-0.25, -0.2) is 0 Å². The lowest BCUT2D eigenvalue weighted by atomic mass is 10.1. The summed E-state index contributed by atoms with van der Waals surface area (Å²) in [5.41, 5.74) is 1.39. The highest BCUT2D eigenvalue weighted by molar-refractivity contribution is 9.11. The molecule has 0 fully saturated rings. The molecule has 1 aromatic carbocycles. The van der Waals surface area contributed by atoms with Gasteiger partial charge < -0.3 is 10.4 Å². The second kappa shape index (κ2) is 7.99. The zero-order valence-corrected chi connectivity index (χ0v) is 13.6. The van der Waals surface area contributed by atoms with Crippen LogP contribution >= 0.6 is 27.3 Å². The predicted molar refractivity (Wildman–Crippen MR) is 88.5 cm³/mol. The zero-order valence-electron chi connectivity index (χ0n) is 11.2. The first-order valence-electron chi connectivity index (χ1n) is 6.41. The van der Waals surface area contributed by atoms with E-state index in [1.54, 1.807) is 35.6 Å². The van der Waals surface area contributed by atoms with Crippen molar-refractivity contribution in [2.45, 2.75) is 6.42 Å². The molecular weight excluding hydrogens is 350 g/mol. The third-order valence-electron chi connectivity index (χ3n) is 2.74. The molecule has 0 radical (unpaired) electrons. The number of rotatable bonds is 4. The van der Waals surface area contributed by atoms with Crippen LogP contribution in [0.1, 0.15) is 20.8 Å². The summed E-state index contributed by atoms with van der Waals surface area (Å²) in [5.74, 6) is 5.27. The van der Waals surface area contributed by atoms with Crippen LogP contribution in [0, 0.1) is 11.8 Å². The molecule has 21 heavy (non-hydrogen) atoms. The van der Waals surface area contributed by atoms with Crippen LogP contribution in [0.4, 0.5) is 0 Å². The molecule has 0 saturated carbocycles. The molecule has 0 saturated heterocycles. The van der Waals surface area contributed by atoms with E-state index in [1.807, 2.05) is 6.07 Å². The van der Waals surface area contributed by atoms with Crippen LogP contribution in [0.2, 0.25) is 0 Å². The van der Waals surface area contributed by atoms with E-state index in [1.165, 1.54) is 4.88 Å². The largest absolute Gasteiger partial charge is 0.384 e. The molecule has 0 aliphatic carbocycles. The fraction of sp³-hybridized carbons (Fsp3) is 0.188. The number of carbonyl (C=O) groups excluding carboxylic acids is 1. The Balaban J connectivity index is 1.85. The molecule has 1 heterocycles. The van der Waals surface area contributed by atoms with Crippen molar-refractivity contribution in [1.29, 1.82) is 0 Å². The van der Waals surface area contributed by atoms with Crippen molar-refractivity contribution >= 4 is 33.2 Å². The summed E-state index contributed by atoms with van der Waals surface area (Å²) >= 11 is 5.09. The van der Waals surface area contributed by atoms with Crippen molar-refractivity contribution in [3.05, 3.63) is 56.2 Å². The highest BCUT2D eigenvalue weighted by Gasteiger charge is 2.05. The van der Waals surface area contributed by atoms with Crippen LogP contribution in [0.15, 0.2) is 40.2 Å². The fourth-order valence-electron chi connectivity index (χ4n) is 1.73. The number of carbonyl (C=O) groups is 1. The third kappa shape index (κ3) is 5.01. The van der Waals surface area contributed by atoms with Crippen molar-refractivity contribution in [3.63, 3.8) is 0 Å². The summed E-state index contributed by atoms with van der Waals surface area (Å²) in [4.78, 5) is 13.2.